The van der Waals surface area contributed by atoms with Crippen molar-refractivity contribution in [1.82, 2.24) is 0 Å². The molecule has 0 saturated carbocycles. The highest BCUT2D eigenvalue weighted by Crippen LogP contribution is 2.23. The third-order valence-corrected chi connectivity index (χ3v) is 4.58. The number of ether oxygens (including phenoxy) is 2. The summed E-state index contributed by atoms with van der Waals surface area (Å²) in [6, 6.07) is 19.8. The maximum atomic E-state index is 12.8. The molecular formula is C24H22N4O5. The molecule has 3 aromatic carbocycles. The van der Waals surface area contributed by atoms with Crippen LogP contribution in [0.2, 0.25) is 0 Å². The summed E-state index contributed by atoms with van der Waals surface area (Å²) in [5, 5.41) is 5.57. The maximum Gasteiger partial charge on any atom is 0.435 e. The highest BCUT2D eigenvalue weighted by atomic mass is 16.5. The monoisotopic (exact) mass is 446 g/mol. The lowest BCUT2D eigenvalue weighted by molar-refractivity contribution is 0.101. The lowest BCUT2D eigenvalue weighted by atomic mass is 10.1. The molecule has 0 spiro atoms. The van der Waals surface area contributed by atoms with Crippen LogP contribution in [0.3, 0.4) is 0 Å². The number of para-hydroxylation sites is 2. The van der Waals surface area contributed by atoms with E-state index < -0.39 is 12.0 Å². The van der Waals surface area contributed by atoms with E-state index in [-0.39, 0.29) is 17.3 Å². The summed E-state index contributed by atoms with van der Waals surface area (Å²) < 4.78 is 9.56. The molecule has 4 N–H and O–H groups in total. The molecule has 0 radical (unpaired) electrons. The van der Waals surface area contributed by atoms with Crippen molar-refractivity contribution in [3.63, 3.8) is 0 Å². The number of hydrogen-bond donors (Lipinski definition) is 3. The van der Waals surface area contributed by atoms with Crippen molar-refractivity contribution < 1.29 is 23.9 Å². The van der Waals surface area contributed by atoms with Gasteiger partial charge >= 0.3 is 6.09 Å². The summed E-state index contributed by atoms with van der Waals surface area (Å²) in [6.07, 6.45) is -0.844. The standard InChI is InChI=1S/C24H22N4O5/c1-32-18-12-10-15(11-13-18)22(29)26-19-8-3-4-9-20(19)27-23(30)17-7-5-6-16(14-17)21(25)28-24(31)33-2/h3-14H,1-2H3,(H,26,29)(H,27,30)(H2,25,28,31). The van der Waals surface area contributed by atoms with Crippen molar-refractivity contribution >= 4 is 35.1 Å². The Morgan fingerprint density at radius 2 is 1.33 bits per heavy atom. The molecule has 9 heteroatoms. The van der Waals surface area contributed by atoms with Gasteiger partial charge in [-0.25, -0.2) is 4.79 Å². The number of benzene rings is 3. The van der Waals surface area contributed by atoms with Crippen molar-refractivity contribution in [2.75, 3.05) is 24.9 Å². The summed E-state index contributed by atoms with van der Waals surface area (Å²) in [7, 11) is 2.73. The highest BCUT2D eigenvalue weighted by molar-refractivity contribution is 6.11. The number of aliphatic imine (C=N–C) groups is 1. The molecule has 0 atom stereocenters. The number of nitrogens with zero attached hydrogens (tertiary/aromatic N) is 1. The van der Waals surface area contributed by atoms with E-state index in [0.717, 1.165) is 0 Å². The zero-order valence-electron chi connectivity index (χ0n) is 18.0. The Balaban J connectivity index is 1.77. The molecule has 0 fully saturated rings. The molecule has 3 rings (SSSR count). The lowest BCUT2D eigenvalue weighted by Crippen LogP contribution is -2.19. The van der Waals surface area contributed by atoms with Crippen LogP contribution in [0.4, 0.5) is 16.2 Å². The number of carbonyl (C=O) groups excluding carboxylic acids is 3. The van der Waals surface area contributed by atoms with Crippen molar-refractivity contribution in [3.05, 3.63) is 89.5 Å². The van der Waals surface area contributed by atoms with Gasteiger partial charge < -0.3 is 25.8 Å². The van der Waals surface area contributed by atoms with Crippen molar-refractivity contribution in [2.45, 2.75) is 0 Å². The molecule has 3 amide bonds. The van der Waals surface area contributed by atoms with E-state index >= 15 is 0 Å². The summed E-state index contributed by atoms with van der Waals surface area (Å²) in [5.74, 6) is -0.218. The molecule has 33 heavy (non-hydrogen) atoms. The minimum Gasteiger partial charge on any atom is -0.497 e. The minimum absolute atomic E-state index is 0.0799. The first kappa shape index (κ1) is 23.0. The van der Waals surface area contributed by atoms with Crippen molar-refractivity contribution in [3.8, 4) is 5.75 Å². The Hall–Kier alpha value is -4.66. The largest absolute Gasteiger partial charge is 0.497 e. The van der Waals surface area contributed by atoms with Crippen molar-refractivity contribution in [1.29, 1.82) is 0 Å². The van der Waals surface area contributed by atoms with Gasteiger partial charge in [-0.1, -0.05) is 24.3 Å². The van der Waals surface area contributed by atoms with Crippen LogP contribution in [0.15, 0.2) is 77.8 Å². The Kier molecular flexibility index (Phi) is 7.38. The summed E-state index contributed by atoms with van der Waals surface area (Å²) in [6.45, 7) is 0. The quantitative estimate of drug-likeness (QED) is 0.391. The predicted octanol–water partition coefficient (Wildman–Crippen LogP) is 3.67. The number of rotatable bonds is 6. The van der Waals surface area contributed by atoms with E-state index in [4.69, 9.17) is 10.5 Å². The van der Waals surface area contributed by atoms with Gasteiger partial charge in [0.1, 0.15) is 11.6 Å². The average Bonchev–Trinajstić information content (AvgIpc) is 2.85. The van der Waals surface area contributed by atoms with Gasteiger partial charge in [-0.05, 0) is 48.5 Å². The minimum atomic E-state index is -0.844. The van der Waals surface area contributed by atoms with E-state index in [9.17, 15) is 14.4 Å². The second-order valence-electron chi connectivity index (χ2n) is 6.73. The first-order chi connectivity index (χ1) is 15.9. The molecule has 0 aromatic heterocycles. The lowest BCUT2D eigenvalue weighted by Gasteiger charge is -2.13. The smallest absolute Gasteiger partial charge is 0.435 e. The van der Waals surface area contributed by atoms with E-state index in [1.54, 1.807) is 73.8 Å². The fraction of sp³-hybridized carbons (Fsp3) is 0.0833. The van der Waals surface area contributed by atoms with Crippen LogP contribution < -0.4 is 21.1 Å². The molecule has 0 heterocycles. The Morgan fingerprint density at radius 3 is 1.91 bits per heavy atom. The number of amidine groups is 1. The van der Waals surface area contributed by atoms with E-state index in [0.29, 0.717) is 28.3 Å². The van der Waals surface area contributed by atoms with Gasteiger partial charge in [0.25, 0.3) is 11.8 Å². The van der Waals surface area contributed by atoms with Crippen LogP contribution in [-0.4, -0.2) is 38.0 Å². The SMILES string of the molecule is COC(=O)/N=C(\N)c1cccc(C(=O)Nc2ccccc2NC(=O)c2ccc(OC)cc2)c1. The van der Waals surface area contributed by atoms with Gasteiger partial charge in [0.15, 0.2) is 0 Å². The second kappa shape index (κ2) is 10.6. The first-order valence-corrected chi connectivity index (χ1v) is 9.79. The summed E-state index contributed by atoms with van der Waals surface area (Å²) in [5.41, 5.74) is 7.74. The number of nitrogens with one attached hydrogen (secondary N) is 2. The summed E-state index contributed by atoms with van der Waals surface area (Å²) in [4.78, 5) is 40.3. The Bertz CT molecular complexity index is 1210. The topological polar surface area (TPSA) is 132 Å². The number of amides is 3. The number of carbonyl (C=O) groups is 3. The average molecular weight is 446 g/mol. The predicted molar refractivity (Wildman–Crippen MR) is 125 cm³/mol. The number of hydrogen-bond acceptors (Lipinski definition) is 5. The molecule has 0 aliphatic carbocycles. The first-order valence-electron chi connectivity index (χ1n) is 9.79. The van der Waals surface area contributed by atoms with Gasteiger partial charge in [0, 0.05) is 16.7 Å². The maximum absolute atomic E-state index is 12.8. The van der Waals surface area contributed by atoms with Crippen LogP contribution >= 0.6 is 0 Å². The third kappa shape index (κ3) is 5.95. The van der Waals surface area contributed by atoms with E-state index in [1.807, 2.05) is 0 Å². The van der Waals surface area contributed by atoms with Crippen molar-refractivity contribution in [2.24, 2.45) is 10.7 Å². The Morgan fingerprint density at radius 1 is 0.758 bits per heavy atom. The zero-order chi connectivity index (χ0) is 23.8. The van der Waals surface area contributed by atoms with Crippen LogP contribution in [0, 0.1) is 0 Å². The molecule has 0 aliphatic rings. The van der Waals surface area contributed by atoms with E-state index in [1.165, 1.54) is 13.2 Å². The van der Waals surface area contributed by atoms with Gasteiger partial charge in [-0.2, -0.15) is 4.99 Å². The number of methoxy groups -OCH3 is 2. The third-order valence-electron chi connectivity index (χ3n) is 4.58. The van der Waals surface area contributed by atoms with Gasteiger partial charge in [-0.3, -0.25) is 9.59 Å². The number of nitrogens with two attached hydrogens (primary N) is 1. The van der Waals surface area contributed by atoms with Crippen LogP contribution in [0.25, 0.3) is 0 Å². The van der Waals surface area contributed by atoms with Crippen LogP contribution in [0.1, 0.15) is 26.3 Å². The molecule has 3 aromatic rings. The normalized spacial score (nSPS) is 10.8. The molecule has 0 bridgehead atoms. The summed E-state index contributed by atoms with van der Waals surface area (Å²) >= 11 is 0. The zero-order valence-corrected chi connectivity index (χ0v) is 18.0. The molecular weight excluding hydrogens is 424 g/mol. The van der Waals surface area contributed by atoms with Gasteiger partial charge in [0.2, 0.25) is 0 Å². The van der Waals surface area contributed by atoms with Gasteiger partial charge in [0.05, 0.1) is 25.6 Å². The number of anilines is 2. The fourth-order valence-corrected chi connectivity index (χ4v) is 2.86. The second-order valence-corrected chi connectivity index (χ2v) is 6.73. The highest BCUT2D eigenvalue weighted by Gasteiger charge is 2.13. The van der Waals surface area contributed by atoms with Crippen LogP contribution in [-0.2, 0) is 4.74 Å². The molecule has 0 unspecified atom stereocenters. The molecule has 168 valence electrons. The molecule has 0 aliphatic heterocycles. The van der Waals surface area contributed by atoms with E-state index in [2.05, 4.69) is 20.4 Å². The fourth-order valence-electron chi connectivity index (χ4n) is 2.86. The Labute approximate surface area is 190 Å². The van der Waals surface area contributed by atoms with Crippen LogP contribution in [0.5, 0.6) is 5.75 Å². The molecule has 0 saturated heterocycles. The molecule has 9 nitrogen and oxygen atoms in total. The van der Waals surface area contributed by atoms with Gasteiger partial charge in [-0.15, -0.1) is 0 Å².